The van der Waals surface area contributed by atoms with Crippen LogP contribution in [0.15, 0.2) is 54.6 Å². The van der Waals surface area contributed by atoms with E-state index >= 15 is 0 Å². The van der Waals surface area contributed by atoms with Crippen molar-refractivity contribution in [2.24, 2.45) is 0 Å². The van der Waals surface area contributed by atoms with E-state index in [1.165, 1.54) is 11.8 Å². The molecule has 0 unspecified atom stereocenters. The van der Waals surface area contributed by atoms with Gasteiger partial charge in [-0.05, 0) is 29.5 Å². The molecule has 1 aliphatic rings. The molecule has 1 aliphatic heterocycles. The molecule has 2 aromatic rings. The Bertz CT molecular complexity index is 849. The average Bonchev–Trinajstić information content (AvgIpc) is 3.18. The molecule has 6 heteroatoms. The second kappa shape index (κ2) is 8.69. The van der Waals surface area contributed by atoms with Gasteiger partial charge in [-0.2, -0.15) is 0 Å². The van der Waals surface area contributed by atoms with Gasteiger partial charge in [0.2, 0.25) is 11.8 Å². The highest BCUT2D eigenvalue weighted by atomic mass is 16.4. The van der Waals surface area contributed by atoms with E-state index in [4.69, 9.17) is 0 Å². The summed E-state index contributed by atoms with van der Waals surface area (Å²) in [4.78, 5) is 37.3. The van der Waals surface area contributed by atoms with Crippen molar-refractivity contribution in [1.82, 2.24) is 10.2 Å². The third kappa shape index (κ3) is 4.57. The van der Waals surface area contributed by atoms with Crippen LogP contribution in [0, 0.1) is 0 Å². The standard InChI is InChI=1S/C22H24N2O4/c1-15(25)23-19(21(26)24-13-5-8-20(24)22(27)28)14-16-9-11-18(12-10-16)17-6-3-2-4-7-17/h2-4,6-7,9-12,19-20H,5,8,13-14H2,1H3,(H,23,25)(H,27,28)/t19-,20+/m1/s1. The first-order chi connectivity index (χ1) is 13.5. The van der Waals surface area contributed by atoms with Crippen molar-refractivity contribution in [2.75, 3.05) is 6.54 Å². The lowest BCUT2D eigenvalue weighted by atomic mass is 10.00. The van der Waals surface area contributed by atoms with Crippen molar-refractivity contribution in [3.8, 4) is 11.1 Å². The molecule has 0 bridgehead atoms. The fourth-order valence-electron chi connectivity index (χ4n) is 3.63. The van der Waals surface area contributed by atoms with Gasteiger partial charge in [0.25, 0.3) is 0 Å². The van der Waals surface area contributed by atoms with Gasteiger partial charge >= 0.3 is 5.97 Å². The van der Waals surface area contributed by atoms with Gasteiger partial charge in [0.1, 0.15) is 12.1 Å². The SMILES string of the molecule is CC(=O)N[C@H](Cc1ccc(-c2ccccc2)cc1)C(=O)N1CCC[C@H]1C(=O)O. The van der Waals surface area contributed by atoms with Crippen molar-refractivity contribution >= 4 is 17.8 Å². The van der Waals surface area contributed by atoms with E-state index in [1.807, 2.05) is 54.6 Å². The summed E-state index contributed by atoms with van der Waals surface area (Å²) >= 11 is 0. The Morgan fingerprint density at radius 3 is 2.32 bits per heavy atom. The third-order valence-electron chi connectivity index (χ3n) is 5.00. The molecule has 0 saturated carbocycles. The highest BCUT2D eigenvalue weighted by Crippen LogP contribution is 2.22. The Kier molecular flexibility index (Phi) is 6.09. The number of amides is 2. The number of likely N-dealkylation sites (tertiary alicyclic amines) is 1. The summed E-state index contributed by atoms with van der Waals surface area (Å²) in [5, 5.41) is 12.0. The summed E-state index contributed by atoms with van der Waals surface area (Å²) in [5.74, 6) is -1.66. The molecular weight excluding hydrogens is 356 g/mol. The smallest absolute Gasteiger partial charge is 0.326 e. The predicted molar refractivity (Wildman–Crippen MR) is 106 cm³/mol. The normalized spacial score (nSPS) is 17.2. The molecule has 2 N–H and O–H groups in total. The van der Waals surface area contributed by atoms with Gasteiger partial charge < -0.3 is 15.3 Å². The van der Waals surface area contributed by atoms with Crippen LogP contribution in [0.25, 0.3) is 11.1 Å². The van der Waals surface area contributed by atoms with Crippen molar-refractivity contribution in [3.05, 3.63) is 60.2 Å². The Labute approximate surface area is 164 Å². The van der Waals surface area contributed by atoms with Crippen LogP contribution in [0.5, 0.6) is 0 Å². The summed E-state index contributed by atoms with van der Waals surface area (Å²) < 4.78 is 0. The highest BCUT2D eigenvalue weighted by molar-refractivity contribution is 5.90. The fraction of sp³-hybridized carbons (Fsp3) is 0.318. The zero-order valence-corrected chi connectivity index (χ0v) is 15.8. The Morgan fingerprint density at radius 2 is 1.71 bits per heavy atom. The largest absolute Gasteiger partial charge is 0.480 e. The fourth-order valence-corrected chi connectivity index (χ4v) is 3.63. The van der Waals surface area contributed by atoms with E-state index in [0.717, 1.165) is 16.7 Å². The third-order valence-corrected chi connectivity index (χ3v) is 5.00. The van der Waals surface area contributed by atoms with Gasteiger partial charge in [0.05, 0.1) is 0 Å². The summed E-state index contributed by atoms with van der Waals surface area (Å²) in [6.45, 7) is 1.76. The maximum atomic E-state index is 12.9. The van der Waals surface area contributed by atoms with Gasteiger partial charge in [-0.25, -0.2) is 4.79 Å². The van der Waals surface area contributed by atoms with Crippen LogP contribution in [0.3, 0.4) is 0 Å². The van der Waals surface area contributed by atoms with E-state index in [2.05, 4.69) is 5.32 Å². The maximum Gasteiger partial charge on any atom is 0.326 e. The van der Waals surface area contributed by atoms with E-state index in [-0.39, 0.29) is 11.8 Å². The average molecular weight is 380 g/mol. The van der Waals surface area contributed by atoms with Gasteiger partial charge in [-0.15, -0.1) is 0 Å². The maximum absolute atomic E-state index is 12.9. The summed E-state index contributed by atoms with van der Waals surface area (Å²) in [5.41, 5.74) is 3.07. The molecule has 0 aliphatic carbocycles. The number of carboxylic acids is 1. The van der Waals surface area contributed by atoms with Crippen LogP contribution < -0.4 is 5.32 Å². The van der Waals surface area contributed by atoms with E-state index < -0.39 is 18.1 Å². The van der Waals surface area contributed by atoms with Crippen LogP contribution in [0.1, 0.15) is 25.3 Å². The monoisotopic (exact) mass is 380 g/mol. The minimum atomic E-state index is -1.00. The topological polar surface area (TPSA) is 86.7 Å². The van der Waals surface area contributed by atoms with Gasteiger partial charge in [0, 0.05) is 19.9 Å². The van der Waals surface area contributed by atoms with Gasteiger partial charge in [0.15, 0.2) is 0 Å². The molecule has 0 spiro atoms. The van der Waals surface area contributed by atoms with E-state index in [0.29, 0.717) is 25.8 Å². The molecule has 6 nitrogen and oxygen atoms in total. The number of hydrogen-bond donors (Lipinski definition) is 2. The number of carboxylic acid groups (broad SMARTS) is 1. The summed E-state index contributed by atoms with van der Waals surface area (Å²) in [6, 6.07) is 16.2. The first kappa shape index (κ1) is 19.6. The molecule has 0 aromatic heterocycles. The second-order valence-corrected chi connectivity index (χ2v) is 7.05. The number of benzene rings is 2. The van der Waals surface area contributed by atoms with Crippen molar-refractivity contribution < 1.29 is 19.5 Å². The molecule has 2 aromatic carbocycles. The van der Waals surface area contributed by atoms with Crippen LogP contribution in [0.2, 0.25) is 0 Å². The summed E-state index contributed by atoms with van der Waals surface area (Å²) in [6.07, 6.45) is 1.41. The minimum absolute atomic E-state index is 0.315. The molecule has 1 saturated heterocycles. The lowest BCUT2D eigenvalue weighted by Crippen LogP contribution is -2.52. The second-order valence-electron chi connectivity index (χ2n) is 7.05. The van der Waals surface area contributed by atoms with Crippen LogP contribution >= 0.6 is 0 Å². The van der Waals surface area contributed by atoms with E-state index in [9.17, 15) is 19.5 Å². The van der Waals surface area contributed by atoms with Gasteiger partial charge in [-0.1, -0.05) is 54.6 Å². The Hall–Kier alpha value is -3.15. The predicted octanol–water partition coefficient (Wildman–Crippen LogP) is 2.48. The van der Waals surface area contributed by atoms with Crippen LogP contribution in [-0.2, 0) is 20.8 Å². The Morgan fingerprint density at radius 1 is 1.07 bits per heavy atom. The van der Waals surface area contributed by atoms with E-state index in [1.54, 1.807) is 0 Å². The zero-order chi connectivity index (χ0) is 20.1. The zero-order valence-electron chi connectivity index (χ0n) is 15.8. The van der Waals surface area contributed by atoms with Crippen LogP contribution in [-0.4, -0.2) is 46.4 Å². The van der Waals surface area contributed by atoms with Crippen molar-refractivity contribution in [3.63, 3.8) is 0 Å². The molecule has 1 heterocycles. The lowest BCUT2D eigenvalue weighted by molar-refractivity contribution is -0.149. The number of aliphatic carboxylic acids is 1. The highest BCUT2D eigenvalue weighted by Gasteiger charge is 2.37. The number of nitrogens with zero attached hydrogens (tertiary/aromatic N) is 1. The minimum Gasteiger partial charge on any atom is -0.480 e. The Balaban J connectivity index is 1.76. The number of carbonyl (C=O) groups excluding carboxylic acids is 2. The number of carbonyl (C=O) groups is 3. The number of nitrogens with one attached hydrogen (secondary N) is 1. The summed E-state index contributed by atoms with van der Waals surface area (Å²) in [7, 11) is 0. The molecular formula is C22H24N2O4. The van der Waals surface area contributed by atoms with Crippen molar-refractivity contribution in [1.29, 1.82) is 0 Å². The lowest BCUT2D eigenvalue weighted by Gasteiger charge is -2.27. The first-order valence-electron chi connectivity index (χ1n) is 9.40. The quantitative estimate of drug-likeness (QED) is 0.806. The molecule has 2 atom stereocenters. The molecule has 1 fully saturated rings. The van der Waals surface area contributed by atoms with Crippen molar-refractivity contribution in [2.45, 2.75) is 38.3 Å². The first-order valence-corrected chi connectivity index (χ1v) is 9.40. The van der Waals surface area contributed by atoms with Crippen LogP contribution in [0.4, 0.5) is 0 Å². The number of rotatable bonds is 6. The molecule has 28 heavy (non-hydrogen) atoms. The van der Waals surface area contributed by atoms with Gasteiger partial charge in [-0.3, -0.25) is 9.59 Å². The molecule has 3 rings (SSSR count). The molecule has 0 radical (unpaired) electrons. The molecule has 146 valence electrons. The molecule has 2 amide bonds. The number of hydrogen-bond acceptors (Lipinski definition) is 3.